The summed E-state index contributed by atoms with van der Waals surface area (Å²) in [6.07, 6.45) is 1.97. The minimum atomic E-state index is -0.385. The molecule has 0 radical (unpaired) electrons. The fourth-order valence-corrected chi connectivity index (χ4v) is 1.20. The van der Waals surface area contributed by atoms with Crippen molar-refractivity contribution >= 4 is 6.08 Å². The summed E-state index contributed by atoms with van der Waals surface area (Å²) < 4.78 is 18.4. The van der Waals surface area contributed by atoms with E-state index in [1.165, 1.54) is 12.1 Å². The molecule has 0 aliphatic heterocycles. The molecule has 0 spiro atoms. The minimum absolute atomic E-state index is 0.250. The number of isocyanates is 1. The van der Waals surface area contributed by atoms with E-state index in [9.17, 15) is 9.18 Å². The molecule has 0 heterocycles. The molecule has 15 heavy (non-hydrogen) atoms. The summed E-state index contributed by atoms with van der Waals surface area (Å²) in [6, 6.07) is 4.73. The molecule has 1 aromatic carbocycles. The maximum absolute atomic E-state index is 13.3. The molecular weight excluding hydrogens is 197 g/mol. The van der Waals surface area contributed by atoms with Crippen molar-refractivity contribution in [2.45, 2.75) is 13.3 Å². The van der Waals surface area contributed by atoms with E-state index in [4.69, 9.17) is 4.74 Å². The number of hydrogen-bond acceptors (Lipinski definition) is 3. The molecule has 1 rings (SSSR count). The van der Waals surface area contributed by atoms with E-state index < -0.39 is 0 Å². The lowest BCUT2D eigenvalue weighted by molar-refractivity contribution is 0.321. The largest absolute Gasteiger partial charge is 0.491 e. The normalized spacial score (nSPS) is 9.47. The van der Waals surface area contributed by atoms with Gasteiger partial charge in [0.2, 0.25) is 6.08 Å². The van der Waals surface area contributed by atoms with Crippen LogP contribution >= 0.6 is 0 Å². The van der Waals surface area contributed by atoms with Crippen molar-refractivity contribution < 1.29 is 13.9 Å². The van der Waals surface area contributed by atoms with Crippen LogP contribution in [-0.2, 0) is 11.2 Å². The van der Waals surface area contributed by atoms with Crippen LogP contribution < -0.4 is 4.74 Å². The van der Waals surface area contributed by atoms with E-state index in [1.54, 1.807) is 19.1 Å². The SMILES string of the molecule is CCOc1ccc(CCN=C=O)cc1F. The Morgan fingerprint density at radius 1 is 1.53 bits per heavy atom. The minimum Gasteiger partial charge on any atom is -0.491 e. The van der Waals surface area contributed by atoms with Crippen LogP contribution in [0, 0.1) is 5.82 Å². The molecule has 0 amide bonds. The van der Waals surface area contributed by atoms with Crippen LogP contribution in [-0.4, -0.2) is 19.2 Å². The van der Waals surface area contributed by atoms with Crippen LogP contribution in [0.5, 0.6) is 5.75 Å². The van der Waals surface area contributed by atoms with Crippen molar-refractivity contribution in [2.75, 3.05) is 13.2 Å². The summed E-state index contributed by atoms with van der Waals surface area (Å²) in [5.41, 5.74) is 0.787. The molecule has 0 aromatic heterocycles. The predicted octanol–water partition coefficient (Wildman–Crippen LogP) is 2.10. The van der Waals surface area contributed by atoms with E-state index in [1.807, 2.05) is 0 Å². The lowest BCUT2D eigenvalue weighted by atomic mass is 10.1. The van der Waals surface area contributed by atoms with Crippen molar-refractivity contribution in [1.29, 1.82) is 0 Å². The predicted molar refractivity (Wildman–Crippen MR) is 54.3 cm³/mol. The van der Waals surface area contributed by atoms with Gasteiger partial charge in [-0.2, -0.15) is 0 Å². The van der Waals surface area contributed by atoms with Gasteiger partial charge in [-0.15, -0.1) is 0 Å². The Morgan fingerprint density at radius 2 is 2.33 bits per heavy atom. The van der Waals surface area contributed by atoms with Crippen molar-refractivity contribution in [1.82, 2.24) is 0 Å². The second-order valence-electron chi connectivity index (χ2n) is 2.92. The van der Waals surface area contributed by atoms with Gasteiger partial charge >= 0.3 is 0 Å². The maximum atomic E-state index is 13.3. The Bertz CT molecular complexity index is 373. The highest BCUT2D eigenvalue weighted by Crippen LogP contribution is 2.18. The molecule has 0 aliphatic rings. The van der Waals surface area contributed by atoms with Crippen LogP contribution in [0.4, 0.5) is 4.39 Å². The first kappa shape index (κ1) is 11.4. The van der Waals surface area contributed by atoms with Gasteiger partial charge in [-0.1, -0.05) is 6.07 Å². The molecule has 0 saturated carbocycles. The number of aliphatic imine (C=N–C) groups is 1. The van der Waals surface area contributed by atoms with Gasteiger partial charge in [-0.3, -0.25) is 0 Å². The van der Waals surface area contributed by atoms with E-state index in [0.29, 0.717) is 19.6 Å². The van der Waals surface area contributed by atoms with Gasteiger partial charge in [0, 0.05) is 0 Å². The van der Waals surface area contributed by atoms with Gasteiger partial charge in [0.15, 0.2) is 11.6 Å². The number of ether oxygens (including phenoxy) is 1. The van der Waals surface area contributed by atoms with Gasteiger partial charge in [-0.05, 0) is 31.0 Å². The molecule has 0 atom stereocenters. The standard InChI is InChI=1S/C11H12FNO2/c1-2-15-11-4-3-9(7-10(11)12)5-6-13-8-14/h3-4,7H,2,5-6H2,1H3. The van der Waals surface area contributed by atoms with Crippen LogP contribution in [0.25, 0.3) is 0 Å². The third-order valence-electron chi connectivity index (χ3n) is 1.87. The molecule has 4 heteroatoms. The molecular formula is C11H12FNO2. The van der Waals surface area contributed by atoms with E-state index in [-0.39, 0.29) is 11.6 Å². The van der Waals surface area contributed by atoms with E-state index in [0.717, 1.165) is 5.56 Å². The monoisotopic (exact) mass is 209 g/mol. The number of rotatable bonds is 5. The molecule has 0 bridgehead atoms. The van der Waals surface area contributed by atoms with E-state index >= 15 is 0 Å². The van der Waals surface area contributed by atoms with Crippen LogP contribution in [0.3, 0.4) is 0 Å². The van der Waals surface area contributed by atoms with Crippen LogP contribution in [0.1, 0.15) is 12.5 Å². The first-order chi connectivity index (χ1) is 7.27. The average Bonchev–Trinajstić information content (AvgIpc) is 2.23. The molecule has 3 nitrogen and oxygen atoms in total. The summed E-state index contributed by atoms with van der Waals surface area (Å²) >= 11 is 0. The van der Waals surface area contributed by atoms with Crippen molar-refractivity contribution in [2.24, 2.45) is 4.99 Å². The summed E-state index contributed by atoms with van der Waals surface area (Å²) in [4.78, 5) is 13.2. The van der Waals surface area contributed by atoms with Gasteiger partial charge in [0.05, 0.1) is 13.2 Å². The zero-order valence-electron chi connectivity index (χ0n) is 8.50. The Hall–Kier alpha value is -1.67. The molecule has 0 saturated heterocycles. The fourth-order valence-electron chi connectivity index (χ4n) is 1.20. The fraction of sp³-hybridized carbons (Fsp3) is 0.364. The van der Waals surface area contributed by atoms with E-state index in [2.05, 4.69) is 4.99 Å². The second-order valence-corrected chi connectivity index (χ2v) is 2.92. The first-order valence-corrected chi connectivity index (χ1v) is 4.72. The number of carbonyl (C=O) groups excluding carboxylic acids is 1. The zero-order chi connectivity index (χ0) is 11.1. The van der Waals surface area contributed by atoms with Gasteiger partial charge < -0.3 is 4.74 Å². The third-order valence-corrected chi connectivity index (χ3v) is 1.87. The highest BCUT2D eigenvalue weighted by molar-refractivity contribution is 5.33. The Kier molecular flexibility index (Phi) is 4.51. The first-order valence-electron chi connectivity index (χ1n) is 4.72. The van der Waals surface area contributed by atoms with Crippen molar-refractivity contribution in [3.63, 3.8) is 0 Å². The number of hydrogen-bond donors (Lipinski definition) is 0. The van der Waals surface area contributed by atoms with Crippen LogP contribution in [0.2, 0.25) is 0 Å². The Balaban J connectivity index is 2.68. The number of halogens is 1. The lowest BCUT2D eigenvalue weighted by Gasteiger charge is -2.05. The molecule has 1 aromatic rings. The molecule has 0 fully saturated rings. The summed E-state index contributed by atoms with van der Waals surface area (Å²) in [7, 11) is 0. The number of benzene rings is 1. The summed E-state index contributed by atoms with van der Waals surface area (Å²) in [5, 5.41) is 0. The summed E-state index contributed by atoms with van der Waals surface area (Å²) in [6.45, 7) is 2.56. The topological polar surface area (TPSA) is 38.7 Å². The van der Waals surface area contributed by atoms with Gasteiger partial charge in [-0.25, -0.2) is 14.2 Å². The van der Waals surface area contributed by atoms with Crippen molar-refractivity contribution in [3.8, 4) is 5.75 Å². The molecule has 0 N–H and O–H groups in total. The molecule has 80 valence electrons. The summed E-state index contributed by atoms with van der Waals surface area (Å²) in [5.74, 6) is -0.135. The smallest absolute Gasteiger partial charge is 0.234 e. The number of nitrogens with zero attached hydrogens (tertiary/aromatic N) is 1. The maximum Gasteiger partial charge on any atom is 0.234 e. The second kappa shape index (κ2) is 5.94. The Labute approximate surface area is 87.6 Å². The molecule has 0 aliphatic carbocycles. The highest BCUT2D eigenvalue weighted by atomic mass is 19.1. The molecule has 0 unspecified atom stereocenters. The Morgan fingerprint density at radius 3 is 2.93 bits per heavy atom. The zero-order valence-corrected chi connectivity index (χ0v) is 8.50. The highest BCUT2D eigenvalue weighted by Gasteiger charge is 2.03. The van der Waals surface area contributed by atoms with Gasteiger partial charge in [0.25, 0.3) is 0 Å². The average molecular weight is 209 g/mol. The third kappa shape index (κ3) is 3.52. The quantitative estimate of drug-likeness (QED) is 0.550. The van der Waals surface area contributed by atoms with Crippen LogP contribution in [0.15, 0.2) is 23.2 Å². The van der Waals surface area contributed by atoms with Crippen molar-refractivity contribution in [3.05, 3.63) is 29.6 Å². The lowest BCUT2D eigenvalue weighted by Crippen LogP contribution is -1.96. The van der Waals surface area contributed by atoms with Gasteiger partial charge in [0.1, 0.15) is 0 Å².